The Morgan fingerprint density at radius 3 is 2.46 bits per heavy atom. The van der Waals surface area contributed by atoms with E-state index in [9.17, 15) is 32.7 Å². The molecule has 0 saturated carbocycles. The summed E-state index contributed by atoms with van der Waals surface area (Å²) in [5.74, 6) is -3.76. The van der Waals surface area contributed by atoms with Crippen LogP contribution in [0.3, 0.4) is 0 Å². The number of Topliss-reactive ketones (excluding diaryl/α,β-unsaturated/α-hetero) is 1. The molecule has 3 rings (SSSR count). The van der Waals surface area contributed by atoms with Gasteiger partial charge in [-0.3, -0.25) is 14.4 Å². The molecule has 0 bridgehead atoms. The third-order valence-electron chi connectivity index (χ3n) is 3.86. The van der Waals surface area contributed by atoms with E-state index in [4.69, 9.17) is 11.6 Å². The van der Waals surface area contributed by atoms with Crippen LogP contribution < -0.4 is 10.9 Å². The van der Waals surface area contributed by atoms with Crippen molar-refractivity contribution in [3.8, 4) is 5.75 Å². The number of rotatable bonds is 3. The highest BCUT2D eigenvalue weighted by Crippen LogP contribution is 2.36. The van der Waals surface area contributed by atoms with E-state index in [1.54, 1.807) is 6.07 Å². The zero-order chi connectivity index (χ0) is 20.6. The number of ketones is 1. The minimum atomic E-state index is -4.85. The molecule has 2 aromatic carbocycles. The first-order valence-electron chi connectivity index (χ1n) is 7.66. The van der Waals surface area contributed by atoms with E-state index in [1.807, 2.05) is 5.32 Å². The van der Waals surface area contributed by atoms with Gasteiger partial charge in [0, 0.05) is 10.4 Å². The van der Waals surface area contributed by atoms with Gasteiger partial charge in [0.05, 0.1) is 16.8 Å². The fourth-order valence-electron chi connectivity index (χ4n) is 2.59. The quantitative estimate of drug-likeness (QED) is 0.452. The predicted octanol–water partition coefficient (Wildman–Crippen LogP) is 3.73. The number of halogens is 4. The molecular weight excluding hydrogens is 401 g/mol. The number of amides is 1. The maximum Gasteiger partial charge on any atom is 0.418 e. The molecule has 0 fully saturated rings. The number of alkyl halides is 3. The van der Waals surface area contributed by atoms with E-state index < -0.39 is 46.0 Å². The number of pyridine rings is 1. The molecule has 0 spiro atoms. The smallest absolute Gasteiger partial charge is 0.418 e. The highest BCUT2D eigenvalue weighted by Gasteiger charge is 2.35. The van der Waals surface area contributed by atoms with Crippen LogP contribution in [0.4, 0.5) is 18.9 Å². The number of H-pyrrole nitrogens is 1. The van der Waals surface area contributed by atoms with Crippen molar-refractivity contribution in [1.29, 1.82) is 0 Å². The number of para-hydroxylation sites is 1. The molecule has 144 valence electrons. The molecule has 0 radical (unpaired) electrons. The van der Waals surface area contributed by atoms with Gasteiger partial charge in [-0.1, -0.05) is 23.7 Å². The number of hydrogen-bond donors (Lipinski definition) is 3. The van der Waals surface area contributed by atoms with Crippen molar-refractivity contribution in [2.75, 3.05) is 5.32 Å². The van der Waals surface area contributed by atoms with Crippen molar-refractivity contribution in [2.24, 2.45) is 0 Å². The summed E-state index contributed by atoms with van der Waals surface area (Å²) >= 11 is 5.56. The number of carbonyl (C=O) groups is 2. The summed E-state index contributed by atoms with van der Waals surface area (Å²) in [7, 11) is 0. The second-order valence-corrected chi connectivity index (χ2v) is 6.13. The lowest BCUT2D eigenvalue weighted by molar-refractivity contribution is -0.137. The van der Waals surface area contributed by atoms with Crippen molar-refractivity contribution in [3.63, 3.8) is 0 Å². The number of benzene rings is 2. The van der Waals surface area contributed by atoms with Crippen molar-refractivity contribution >= 4 is 39.9 Å². The largest absolute Gasteiger partial charge is 0.506 e. The Morgan fingerprint density at radius 1 is 1.11 bits per heavy atom. The normalized spacial score (nSPS) is 11.4. The Labute approximate surface area is 159 Å². The molecule has 1 heterocycles. The molecule has 10 heteroatoms. The van der Waals surface area contributed by atoms with Crippen molar-refractivity contribution in [3.05, 3.63) is 69.0 Å². The predicted molar refractivity (Wildman–Crippen MR) is 95.6 cm³/mol. The molecule has 0 aliphatic rings. The molecule has 6 nitrogen and oxygen atoms in total. The lowest BCUT2D eigenvalue weighted by Crippen LogP contribution is -2.29. The Balaban J connectivity index is 2.01. The van der Waals surface area contributed by atoms with E-state index >= 15 is 0 Å². The summed E-state index contributed by atoms with van der Waals surface area (Å²) in [6.07, 6.45) is -4.85. The number of fused-ring (bicyclic) bond motifs is 1. The first kappa shape index (κ1) is 19.4. The first-order valence-corrected chi connectivity index (χ1v) is 8.04. The second kappa shape index (κ2) is 7.01. The SMILES string of the molecule is O=C(Nc1ccc(Cl)cc1C(F)(F)F)C(=O)c1c(O)c2ccccc2[nH]c1=O. The number of aromatic hydroxyl groups is 1. The standard InChI is InChI=1S/C18H10ClF3N2O4/c19-8-5-6-12(10(7-8)18(20,21)22)24-17(28)15(26)13-14(25)9-3-1-2-4-11(9)23-16(13)27/h1-7H,(H,24,28)(H2,23,25,27). The number of hydrogen-bond acceptors (Lipinski definition) is 4. The minimum Gasteiger partial charge on any atom is -0.506 e. The molecule has 3 aromatic rings. The second-order valence-electron chi connectivity index (χ2n) is 5.69. The third kappa shape index (κ3) is 3.56. The Morgan fingerprint density at radius 2 is 1.79 bits per heavy atom. The van der Waals surface area contributed by atoms with E-state index in [2.05, 4.69) is 4.98 Å². The van der Waals surface area contributed by atoms with Crippen LogP contribution in [0.15, 0.2) is 47.3 Å². The summed E-state index contributed by atoms with van der Waals surface area (Å²) in [4.78, 5) is 39.0. The molecule has 1 amide bonds. The van der Waals surface area contributed by atoms with Crippen LogP contribution in [-0.4, -0.2) is 21.8 Å². The third-order valence-corrected chi connectivity index (χ3v) is 4.10. The van der Waals surface area contributed by atoms with Gasteiger partial charge in [0.15, 0.2) is 0 Å². The van der Waals surface area contributed by atoms with Gasteiger partial charge in [-0.25, -0.2) is 0 Å². The van der Waals surface area contributed by atoms with Crippen LogP contribution in [0.2, 0.25) is 5.02 Å². The number of anilines is 1. The van der Waals surface area contributed by atoms with Crippen molar-refractivity contribution < 1.29 is 27.9 Å². The monoisotopic (exact) mass is 410 g/mol. The van der Waals surface area contributed by atoms with Gasteiger partial charge in [0.25, 0.3) is 17.2 Å². The van der Waals surface area contributed by atoms with Gasteiger partial charge in [-0.05, 0) is 30.3 Å². The van der Waals surface area contributed by atoms with Crippen LogP contribution in [0.1, 0.15) is 15.9 Å². The van der Waals surface area contributed by atoms with Crippen molar-refractivity contribution in [2.45, 2.75) is 6.18 Å². The number of nitrogens with one attached hydrogen (secondary N) is 2. The van der Waals surface area contributed by atoms with Gasteiger partial charge in [-0.2, -0.15) is 13.2 Å². The molecule has 28 heavy (non-hydrogen) atoms. The zero-order valence-electron chi connectivity index (χ0n) is 13.7. The van der Waals surface area contributed by atoms with Gasteiger partial charge in [0.2, 0.25) is 0 Å². The average Bonchev–Trinajstić information content (AvgIpc) is 2.62. The summed E-state index contributed by atoms with van der Waals surface area (Å²) in [5.41, 5.74) is -3.69. The van der Waals surface area contributed by atoms with Crippen LogP contribution in [0, 0.1) is 0 Å². The Kier molecular flexibility index (Phi) is 4.86. The molecule has 0 aliphatic carbocycles. The van der Waals surface area contributed by atoms with Crippen LogP contribution in [-0.2, 0) is 11.0 Å². The number of aromatic nitrogens is 1. The molecule has 0 saturated heterocycles. The van der Waals surface area contributed by atoms with E-state index in [1.165, 1.54) is 18.2 Å². The van der Waals surface area contributed by atoms with Crippen molar-refractivity contribution in [1.82, 2.24) is 4.98 Å². The minimum absolute atomic E-state index is 0.0979. The van der Waals surface area contributed by atoms with E-state index in [-0.39, 0.29) is 15.9 Å². The van der Waals surface area contributed by atoms with Gasteiger partial charge >= 0.3 is 6.18 Å². The van der Waals surface area contributed by atoms with E-state index in [0.29, 0.717) is 6.07 Å². The summed E-state index contributed by atoms with van der Waals surface area (Å²) in [6, 6.07) is 8.52. The molecule has 0 atom stereocenters. The summed E-state index contributed by atoms with van der Waals surface area (Å²) < 4.78 is 39.3. The molecule has 0 aliphatic heterocycles. The molecule has 1 aromatic heterocycles. The summed E-state index contributed by atoms with van der Waals surface area (Å²) in [6.45, 7) is 0. The van der Waals surface area contributed by atoms with Crippen LogP contribution >= 0.6 is 11.6 Å². The topological polar surface area (TPSA) is 99.3 Å². The maximum absolute atomic E-state index is 13.1. The number of carbonyl (C=O) groups excluding carboxylic acids is 2. The lowest BCUT2D eigenvalue weighted by Gasteiger charge is -2.14. The highest BCUT2D eigenvalue weighted by molar-refractivity contribution is 6.47. The highest BCUT2D eigenvalue weighted by atomic mass is 35.5. The fraction of sp³-hybridized carbons (Fsp3) is 0.0556. The van der Waals surface area contributed by atoms with Gasteiger partial charge < -0.3 is 15.4 Å². The Hall–Kier alpha value is -3.33. The number of aromatic amines is 1. The van der Waals surface area contributed by atoms with Crippen LogP contribution in [0.5, 0.6) is 5.75 Å². The molecular formula is C18H10ClF3N2O4. The van der Waals surface area contributed by atoms with E-state index in [0.717, 1.165) is 12.1 Å². The van der Waals surface area contributed by atoms with Crippen LogP contribution in [0.25, 0.3) is 10.9 Å². The first-order chi connectivity index (χ1) is 13.1. The maximum atomic E-state index is 13.1. The average molecular weight is 411 g/mol. The van der Waals surface area contributed by atoms with Gasteiger partial charge in [0.1, 0.15) is 11.3 Å². The molecule has 3 N–H and O–H groups in total. The zero-order valence-corrected chi connectivity index (χ0v) is 14.5. The van der Waals surface area contributed by atoms with Gasteiger partial charge in [-0.15, -0.1) is 0 Å². The fourth-order valence-corrected chi connectivity index (χ4v) is 2.76. The lowest BCUT2D eigenvalue weighted by atomic mass is 10.1. The Bertz CT molecular complexity index is 1170. The summed E-state index contributed by atoms with van der Waals surface area (Å²) in [5, 5.41) is 11.9. The molecule has 0 unspecified atom stereocenters.